The van der Waals surface area contributed by atoms with Gasteiger partial charge in [0, 0.05) is 37.0 Å². The fourth-order valence-corrected chi connectivity index (χ4v) is 2.99. The molecular formula is C20H24F4N4O5S. The van der Waals surface area contributed by atoms with Crippen molar-refractivity contribution in [2.75, 3.05) is 31.2 Å². The van der Waals surface area contributed by atoms with Gasteiger partial charge in [0.2, 0.25) is 5.95 Å². The molecule has 3 rings (SSSR count). The van der Waals surface area contributed by atoms with Crippen LogP contribution in [0.1, 0.15) is 24.0 Å². The number of aromatic nitrogens is 2. The maximum Gasteiger partial charge on any atom is 0.410 e. The van der Waals surface area contributed by atoms with Gasteiger partial charge in [-0.2, -0.15) is 8.42 Å². The third kappa shape index (κ3) is 9.47. The van der Waals surface area contributed by atoms with Gasteiger partial charge in [-0.25, -0.2) is 32.3 Å². The molecule has 9 nitrogen and oxygen atoms in total. The number of benzene rings is 1. The summed E-state index contributed by atoms with van der Waals surface area (Å²) in [5, 5.41) is 2.78. The molecule has 188 valence electrons. The van der Waals surface area contributed by atoms with Gasteiger partial charge in [0.1, 0.15) is 6.61 Å². The Morgan fingerprint density at radius 3 is 2.38 bits per heavy atom. The Morgan fingerprint density at radius 2 is 1.85 bits per heavy atom. The average Bonchev–Trinajstić information content (AvgIpc) is 2.76. The van der Waals surface area contributed by atoms with E-state index in [1.54, 1.807) is 6.07 Å². The molecule has 2 N–H and O–H groups in total. The highest BCUT2D eigenvalue weighted by molar-refractivity contribution is 7.85. The van der Waals surface area contributed by atoms with Crippen molar-refractivity contribution in [3.05, 3.63) is 53.9 Å². The van der Waals surface area contributed by atoms with E-state index >= 15 is 0 Å². The molecule has 0 unspecified atom stereocenters. The molecule has 1 aliphatic heterocycles. The Kier molecular flexibility index (Phi) is 9.55. The van der Waals surface area contributed by atoms with Crippen LogP contribution in [0.25, 0.3) is 0 Å². The Balaban J connectivity index is 0.000000739. The molecule has 1 aromatic heterocycles. The van der Waals surface area contributed by atoms with E-state index in [9.17, 15) is 30.8 Å². The normalized spacial score (nSPS) is 17.5. The number of hydrogen-bond acceptors (Lipinski definition) is 7. The molecule has 2 aromatic rings. The Labute approximate surface area is 193 Å². The molecule has 1 fully saturated rings. The highest BCUT2D eigenvalue weighted by Crippen LogP contribution is 2.33. The van der Waals surface area contributed by atoms with E-state index in [1.807, 2.05) is 0 Å². The summed E-state index contributed by atoms with van der Waals surface area (Å²) >= 11 is 0. The molecule has 14 heteroatoms. The number of piperidine rings is 1. The van der Waals surface area contributed by atoms with Crippen molar-refractivity contribution in [2.24, 2.45) is 5.92 Å². The summed E-state index contributed by atoms with van der Waals surface area (Å²) in [5.74, 6) is -3.81. The summed E-state index contributed by atoms with van der Waals surface area (Å²) in [6, 6.07) is 6.91. The van der Waals surface area contributed by atoms with E-state index < -0.39 is 41.0 Å². The first kappa shape index (κ1) is 27.2. The fraction of sp³-hybridized carbons (Fsp3) is 0.450. The summed E-state index contributed by atoms with van der Waals surface area (Å²) in [5.41, 5.74) is 0.354. The molecule has 0 aliphatic carbocycles. The number of likely N-dealkylation sites (tertiary alicyclic amines) is 1. The van der Waals surface area contributed by atoms with Crippen LogP contribution in [-0.4, -0.2) is 65.7 Å². The van der Waals surface area contributed by atoms with Gasteiger partial charge >= 0.3 is 6.09 Å². The van der Waals surface area contributed by atoms with Crippen molar-refractivity contribution in [1.82, 2.24) is 14.9 Å². The maximum atomic E-state index is 14.5. The largest absolute Gasteiger partial charge is 0.445 e. The van der Waals surface area contributed by atoms with Crippen molar-refractivity contribution in [1.29, 1.82) is 0 Å². The van der Waals surface area contributed by atoms with Crippen molar-refractivity contribution in [3.8, 4) is 0 Å². The monoisotopic (exact) mass is 508 g/mol. The third-order valence-electron chi connectivity index (χ3n) is 4.67. The lowest BCUT2D eigenvalue weighted by atomic mass is 9.93. The summed E-state index contributed by atoms with van der Waals surface area (Å²) in [6.07, 6.45) is 0.372. The standard InChI is InChI=1S/C19H20F4N4O2.CH4O3S/c20-16(21)14-4-2-13(3-5-14)11-29-18(28)27-9-6-15(19(22,23)12-27)10-26-17-24-7-1-8-25-17;1-5(2,3)4/h1-5,7-8,15-16H,6,9-12H2,(H,24,25,26);1H3,(H,2,3,4)/t15-;/m0./s1. The smallest absolute Gasteiger partial charge is 0.410 e. The highest BCUT2D eigenvalue weighted by Gasteiger charge is 2.46. The van der Waals surface area contributed by atoms with Gasteiger partial charge in [-0.3, -0.25) is 4.55 Å². The van der Waals surface area contributed by atoms with Gasteiger partial charge in [0.15, 0.2) is 0 Å². The van der Waals surface area contributed by atoms with Gasteiger partial charge in [0.25, 0.3) is 22.5 Å². The summed E-state index contributed by atoms with van der Waals surface area (Å²) in [4.78, 5) is 21.0. The molecule has 1 aromatic carbocycles. The minimum atomic E-state index is -3.67. The quantitative estimate of drug-likeness (QED) is 0.448. The maximum absolute atomic E-state index is 14.5. The van der Waals surface area contributed by atoms with E-state index in [-0.39, 0.29) is 37.6 Å². The minimum Gasteiger partial charge on any atom is -0.445 e. The number of anilines is 1. The number of rotatable bonds is 6. The average molecular weight is 508 g/mol. The molecule has 0 saturated carbocycles. The van der Waals surface area contributed by atoms with Gasteiger partial charge in [-0.1, -0.05) is 24.3 Å². The summed E-state index contributed by atoms with van der Waals surface area (Å²) in [7, 11) is -3.67. The lowest BCUT2D eigenvalue weighted by Gasteiger charge is -2.37. The number of hydrogen-bond donors (Lipinski definition) is 2. The van der Waals surface area contributed by atoms with Crippen LogP contribution < -0.4 is 5.32 Å². The van der Waals surface area contributed by atoms with Crippen molar-refractivity contribution >= 4 is 22.2 Å². The number of carbonyl (C=O) groups excluding carboxylic acids is 1. The zero-order chi connectivity index (χ0) is 25.4. The second-order valence-electron chi connectivity index (χ2n) is 7.45. The topological polar surface area (TPSA) is 122 Å². The number of halogens is 4. The van der Waals surface area contributed by atoms with Crippen LogP contribution in [0, 0.1) is 5.92 Å². The minimum absolute atomic E-state index is 0.0175. The Bertz CT molecular complexity index is 1020. The second-order valence-corrected chi connectivity index (χ2v) is 8.92. The SMILES string of the molecule is CS(=O)(=O)O.O=C(OCc1ccc(C(F)F)cc1)N1CC[C@@H](CNc2ncccn2)C(F)(F)C1. The molecule has 0 bridgehead atoms. The van der Waals surface area contributed by atoms with Crippen LogP contribution in [0.2, 0.25) is 0 Å². The second kappa shape index (κ2) is 11.9. The van der Waals surface area contributed by atoms with Crippen LogP contribution in [-0.2, 0) is 21.5 Å². The van der Waals surface area contributed by atoms with Gasteiger partial charge in [-0.15, -0.1) is 0 Å². The van der Waals surface area contributed by atoms with Crippen LogP contribution in [0.3, 0.4) is 0 Å². The predicted octanol–water partition coefficient (Wildman–Crippen LogP) is 3.62. The van der Waals surface area contributed by atoms with Crippen LogP contribution in [0.15, 0.2) is 42.7 Å². The lowest BCUT2D eigenvalue weighted by molar-refractivity contribution is -0.102. The number of ether oxygens (including phenoxy) is 1. The Morgan fingerprint density at radius 1 is 1.26 bits per heavy atom. The molecule has 0 radical (unpaired) electrons. The zero-order valence-corrected chi connectivity index (χ0v) is 18.9. The van der Waals surface area contributed by atoms with E-state index in [4.69, 9.17) is 9.29 Å². The molecule has 1 aliphatic rings. The first-order valence-corrected chi connectivity index (χ1v) is 11.8. The molecule has 2 heterocycles. The fourth-order valence-electron chi connectivity index (χ4n) is 2.99. The van der Waals surface area contributed by atoms with Crippen LogP contribution in [0.4, 0.5) is 28.3 Å². The van der Waals surface area contributed by atoms with E-state index in [2.05, 4.69) is 15.3 Å². The lowest BCUT2D eigenvalue weighted by Crippen LogP contribution is -2.52. The van der Waals surface area contributed by atoms with Gasteiger partial charge in [0.05, 0.1) is 12.8 Å². The number of nitrogens with zero attached hydrogens (tertiary/aromatic N) is 3. The van der Waals surface area contributed by atoms with E-state index in [1.165, 1.54) is 36.7 Å². The molecular weight excluding hydrogens is 484 g/mol. The first-order chi connectivity index (χ1) is 15.8. The Hall–Kier alpha value is -3.00. The van der Waals surface area contributed by atoms with Crippen molar-refractivity contribution in [3.63, 3.8) is 0 Å². The molecule has 1 amide bonds. The van der Waals surface area contributed by atoms with Crippen molar-refractivity contribution < 1.29 is 40.1 Å². The molecule has 1 atom stereocenters. The first-order valence-electron chi connectivity index (χ1n) is 9.95. The number of amides is 1. The molecule has 1 saturated heterocycles. The zero-order valence-electron chi connectivity index (χ0n) is 18.1. The van der Waals surface area contributed by atoms with Crippen LogP contribution in [0.5, 0.6) is 0 Å². The summed E-state index contributed by atoms with van der Waals surface area (Å²) in [6.45, 7) is -0.823. The summed E-state index contributed by atoms with van der Waals surface area (Å²) < 4.78 is 84.9. The molecule has 34 heavy (non-hydrogen) atoms. The van der Waals surface area contributed by atoms with E-state index in [0.717, 1.165) is 4.90 Å². The number of alkyl halides is 4. The third-order valence-corrected chi connectivity index (χ3v) is 4.67. The highest BCUT2D eigenvalue weighted by atomic mass is 32.2. The van der Waals surface area contributed by atoms with Gasteiger partial charge in [-0.05, 0) is 18.1 Å². The number of carbonyl (C=O) groups is 1. The van der Waals surface area contributed by atoms with Crippen LogP contribution >= 0.6 is 0 Å². The number of nitrogens with one attached hydrogen (secondary N) is 1. The van der Waals surface area contributed by atoms with Crippen molar-refractivity contribution in [2.45, 2.75) is 25.4 Å². The van der Waals surface area contributed by atoms with Gasteiger partial charge < -0.3 is 15.0 Å². The predicted molar refractivity (Wildman–Crippen MR) is 114 cm³/mol. The van der Waals surface area contributed by atoms with E-state index in [0.29, 0.717) is 11.8 Å². The molecule has 0 spiro atoms.